The van der Waals surface area contributed by atoms with Crippen molar-refractivity contribution in [2.75, 3.05) is 13.1 Å². The van der Waals surface area contributed by atoms with Crippen LogP contribution in [-0.4, -0.2) is 47.4 Å². The topological polar surface area (TPSA) is 113 Å². The van der Waals surface area contributed by atoms with Crippen LogP contribution in [0.15, 0.2) is 35.2 Å². The SMILES string of the molecule is Cc1ccc(S(=O)(=O)N2CCC(C(=O)NNC(=O)Cn3nc(C)cc3C)CC2)cc1. The highest BCUT2D eigenvalue weighted by atomic mass is 32.2. The van der Waals surface area contributed by atoms with Gasteiger partial charge in [-0.25, -0.2) is 8.42 Å². The summed E-state index contributed by atoms with van der Waals surface area (Å²) < 4.78 is 28.5. The van der Waals surface area contributed by atoms with Crippen LogP contribution < -0.4 is 10.9 Å². The van der Waals surface area contributed by atoms with E-state index in [9.17, 15) is 18.0 Å². The molecule has 0 radical (unpaired) electrons. The lowest BCUT2D eigenvalue weighted by Gasteiger charge is -2.30. The van der Waals surface area contributed by atoms with E-state index in [1.165, 1.54) is 4.31 Å². The average molecular weight is 434 g/mol. The zero-order valence-corrected chi connectivity index (χ0v) is 18.2. The van der Waals surface area contributed by atoms with E-state index in [1.54, 1.807) is 28.9 Å². The largest absolute Gasteiger partial charge is 0.273 e. The summed E-state index contributed by atoms with van der Waals surface area (Å²) in [6, 6.07) is 8.59. The number of carbonyl (C=O) groups excluding carboxylic acids is 2. The first-order valence-corrected chi connectivity index (χ1v) is 11.3. The molecular formula is C20H27N5O4S. The molecule has 0 spiro atoms. The van der Waals surface area contributed by atoms with Gasteiger partial charge in [-0.1, -0.05) is 17.7 Å². The van der Waals surface area contributed by atoms with E-state index in [0.717, 1.165) is 17.0 Å². The maximum atomic E-state index is 12.8. The number of amides is 2. The predicted octanol–water partition coefficient (Wildman–Crippen LogP) is 1.06. The Hall–Kier alpha value is -2.72. The van der Waals surface area contributed by atoms with Crippen molar-refractivity contribution in [3.05, 3.63) is 47.3 Å². The molecule has 0 atom stereocenters. The van der Waals surface area contributed by atoms with E-state index in [0.29, 0.717) is 12.8 Å². The molecule has 2 heterocycles. The van der Waals surface area contributed by atoms with Crippen molar-refractivity contribution in [3.63, 3.8) is 0 Å². The maximum Gasteiger partial charge on any atom is 0.260 e. The number of piperidine rings is 1. The Balaban J connectivity index is 1.48. The van der Waals surface area contributed by atoms with E-state index in [1.807, 2.05) is 26.8 Å². The van der Waals surface area contributed by atoms with Gasteiger partial charge in [-0.05, 0) is 51.8 Å². The number of hydrazine groups is 1. The highest BCUT2D eigenvalue weighted by molar-refractivity contribution is 7.89. The standard InChI is InChI=1S/C20H27N5O4S/c1-14-4-6-18(7-5-14)30(28,29)24-10-8-17(9-11-24)20(27)22-21-19(26)13-25-16(3)12-15(2)23-25/h4-7,12,17H,8-11,13H2,1-3H3,(H,21,26)(H,22,27). The molecule has 1 aromatic carbocycles. The number of nitrogens with one attached hydrogen (secondary N) is 2. The van der Waals surface area contributed by atoms with Crippen LogP contribution in [0.5, 0.6) is 0 Å². The number of nitrogens with zero attached hydrogens (tertiary/aromatic N) is 3. The van der Waals surface area contributed by atoms with Crippen LogP contribution in [0.1, 0.15) is 29.8 Å². The van der Waals surface area contributed by atoms with Crippen LogP contribution in [-0.2, 0) is 26.2 Å². The van der Waals surface area contributed by atoms with Gasteiger partial charge in [0.1, 0.15) is 6.54 Å². The molecule has 1 saturated heterocycles. The summed E-state index contributed by atoms with van der Waals surface area (Å²) in [4.78, 5) is 24.7. The fourth-order valence-corrected chi connectivity index (χ4v) is 4.93. The molecular weight excluding hydrogens is 406 g/mol. The van der Waals surface area contributed by atoms with Crippen molar-refractivity contribution in [2.24, 2.45) is 5.92 Å². The number of aryl methyl sites for hydroxylation is 3. The number of aromatic nitrogens is 2. The first kappa shape index (κ1) is 22.0. The van der Waals surface area contributed by atoms with Crippen molar-refractivity contribution < 1.29 is 18.0 Å². The Morgan fingerprint density at radius 2 is 1.70 bits per heavy atom. The van der Waals surface area contributed by atoms with Crippen molar-refractivity contribution >= 4 is 21.8 Å². The Morgan fingerprint density at radius 3 is 2.27 bits per heavy atom. The molecule has 162 valence electrons. The number of benzene rings is 1. The van der Waals surface area contributed by atoms with Crippen molar-refractivity contribution in [2.45, 2.75) is 45.1 Å². The molecule has 9 nitrogen and oxygen atoms in total. The molecule has 0 bridgehead atoms. The third kappa shape index (κ3) is 5.06. The molecule has 0 unspecified atom stereocenters. The smallest absolute Gasteiger partial charge is 0.260 e. The van der Waals surface area contributed by atoms with Gasteiger partial charge < -0.3 is 0 Å². The van der Waals surface area contributed by atoms with Crippen LogP contribution in [0, 0.1) is 26.7 Å². The number of rotatable bonds is 5. The second-order valence-electron chi connectivity index (χ2n) is 7.61. The Morgan fingerprint density at radius 1 is 1.07 bits per heavy atom. The van der Waals surface area contributed by atoms with Gasteiger partial charge in [-0.2, -0.15) is 9.40 Å². The fraction of sp³-hybridized carbons (Fsp3) is 0.450. The van der Waals surface area contributed by atoms with Gasteiger partial charge in [0.2, 0.25) is 15.9 Å². The molecule has 30 heavy (non-hydrogen) atoms. The Labute approximate surface area is 176 Å². The minimum Gasteiger partial charge on any atom is -0.273 e. The molecule has 3 rings (SSSR count). The van der Waals surface area contributed by atoms with Crippen LogP contribution in [0.25, 0.3) is 0 Å². The second-order valence-corrected chi connectivity index (χ2v) is 9.55. The molecule has 2 aromatic rings. The fourth-order valence-electron chi connectivity index (χ4n) is 3.46. The van der Waals surface area contributed by atoms with Crippen molar-refractivity contribution in [1.82, 2.24) is 24.9 Å². The van der Waals surface area contributed by atoms with Crippen LogP contribution >= 0.6 is 0 Å². The summed E-state index contributed by atoms with van der Waals surface area (Å²) in [6.45, 7) is 6.12. The second kappa shape index (κ2) is 8.97. The maximum absolute atomic E-state index is 12.8. The molecule has 0 saturated carbocycles. The monoisotopic (exact) mass is 433 g/mol. The van der Waals surface area contributed by atoms with Crippen LogP contribution in [0.4, 0.5) is 0 Å². The quantitative estimate of drug-likeness (QED) is 0.685. The molecule has 1 aromatic heterocycles. The molecule has 1 aliphatic rings. The highest BCUT2D eigenvalue weighted by Crippen LogP contribution is 2.24. The van der Waals surface area contributed by atoms with Crippen molar-refractivity contribution in [1.29, 1.82) is 0 Å². The number of hydrogen-bond donors (Lipinski definition) is 2. The van der Waals surface area contributed by atoms with Gasteiger partial charge in [0, 0.05) is 24.7 Å². The van der Waals surface area contributed by atoms with E-state index >= 15 is 0 Å². The number of sulfonamides is 1. The summed E-state index contributed by atoms with van der Waals surface area (Å²) in [5.41, 5.74) is 7.51. The lowest BCUT2D eigenvalue weighted by atomic mass is 9.98. The number of hydrogen-bond acceptors (Lipinski definition) is 5. The lowest BCUT2D eigenvalue weighted by Crippen LogP contribution is -2.48. The number of carbonyl (C=O) groups is 2. The normalized spacial score (nSPS) is 15.7. The van der Waals surface area contributed by atoms with Gasteiger partial charge in [0.25, 0.3) is 5.91 Å². The lowest BCUT2D eigenvalue weighted by molar-refractivity contribution is -0.132. The first-order valence-electron chi connectivity index (χ1n) is 9.83. The molecule has 2 N–H and O–H groups in total. The summed E-state index contributed by atoms with van der Waals surface area (Å²) in [5, 5.41) is 4.21. The first-order chi connectivity index (χ1) is 14.2. The Bertz CT molecular complexity index is 1020. The van der Waals surface area contributed by atoms with Gasteiger partial charge in [-0.15, -0.1) is 0 Å². The predicted molar refractivity (Wildman–Crippen MR) is 111 cm³/mol. The highest BCUT2D eigenvalue weighted by Gasteiger charge is 2.32. The van der Waals surface area contributed by atoms with Gasteiger partial charge in [0.15, 0.2) is 0 Å². The van der Waals surface area contributed by atoms with Gasteiger partial charge in [0.05, 0.1) is 10.6 Å². The van der Waals surface area contributed by atoms with Gasteiger partial charge >= 0.3 is 0 Å². The molecule has 0 aliphatic carbocycles. The van der Waals surface area contributed by atoms with Crippen LogP contribution in [0.2, 0.25) is 0 Å². The summed E-state index contributed by atoms with van der Waals surface area (Å²) in [5.74, 6) is -1.05. The molecule has 2 amide bonds. The third-order valence-corrected chi connectivity index (χ3v) is 7.12. The third-order valence-electron chi connectivity index (χ3n) is 5.21. The van der Waals surface area contributed by atoms with E-state index in [-0.39, 0.29) is 42.3 Å². The molecule has 1 fully saturated rings. The minimum absolute atomic E-state index is 0.00713. The molecule has 1 aliphatic heterocycles. The van der Waals surface area contributed by atoms with E-state index in [4.69, 9.17) is 0 Å². The van der Waals surface area contributed by atoms with E-state index < -0.39 is 10.0 Å². The average Bonchev–Trinajstić information content (AvgIpc) is 3.03. The summed E-state index contributed by atoms with van der Waals surface area (Å²) in [7, 11) is -3.57. The minimum atomic E-state index is -3.57. The van der Waals surface area contributed by atoms with E-state index in [2.05, 4.69) is 16.0 Å². The van der Waals surface area contributed by atoms with Gasteiger partial charge in [-0.3, -0.25) is 25.1 Å². The molecule has 10 heteroatoms. The summed E-state index contributed by atoms with van der Waals surface area (Å²) in [6.07, 6.45) is 0.786. The van der Waals surface area contributed by atoms with Crippen molar-refractivity contribution in [3.8, 4) is 0 Å². The summed E-state index contributed by atoms with van der Waals surface area (Å²) >= 11 is 0. The Kier molecular flexibility index (Phi) is 6.57. The van der Waals surface area contributed by atoms with Crippen LogP contribution in [0.3, 0.4) is 0 Å². The zero-order valence-electron chi connectivity index (χ0n) is 17.4. The zero-order chi connectivity index (χ0) is 21.9.